The number of fused-ring (bicyclic) bond motifs is 1. The number of carbonyl (C=O) groups is 3. The van der Waals surface area contributed by atoms with Crippen LogP contribution in [0.4, 0.5) is 14.5 Å². The molecule has 12 heteroatoms. The fourth-order valence-corrected chi connectivity index (χ4v) is 4.68. The van der Waals surface area contributed by atoms with Gasteiger partial charge in [0.15, 0.2) is 5.82 Å². The van der Waals surface area contributed by atoms with E-state index in [1.54, 1.807) is 11.5 Å². The lowest BCUT2D eigenvalue weighted by Crippen LogP contribution is -2.40. The van der Waals surface area contributed by atoms with Crippen molar-refractivity contribution < 1.29 is 23.2 Å². The molecule has 2 aliphatic rings. The van der Waals surface area contributed by atoms with Crippen molar-refractivity contribution in [2.75, 3.05) is 5.32 Å². The van der Waals surface area contributed by atoms with Crippen molar-refractivity contribution in [1.82, 2.24) is 25.3 Å². The minimum absolute atomic E-state index is 0.141. The quantitative estimate of drug-likeness (QED) is 0.280. The molecule has 2 aromatic heterocycles. The molecule has 1 aliphatic carbocycles. The summed E-state index contributed by atoms with van der Waals surface area (Å²) in [5.74, 6) is -4.28. The first kappa shape index (κ1) is 22.2. The van der Waals surface area contributed by atoms with Gasteiger partial charge in [-0.1, -0.05) is 16.8 Å². The molecule has 0 saturated heterocycles. The molecule has 3 aromatic rings. The van der Waals surface area contributed by atoms with Gasteiger partial charge in [-0.2, -0.15) is 0 Å². The van der Waals surface area contributed by atoms with Gasteiger partial charge in [-0.15, -0.1) is 5.10 Å². The number of aromatic amines is 1. The Labute approximate surface area is 196 Å². The number of H-pyrrole nitrogens is 1. The number of carbonyl (C=O) groups excluding carboxylic acids is 3. The van der Waals surface area contributed by atoms with Crippen molar-refractivity contribution in [2.45, 2.75) is 44.7 Å². The Morgan fingerprint density at radius 2 is 2.00 bits per heavy atom. The summed E-state index contributed by atoms with van der Waals surface area (Å²) in [5, 5.41) is 14.6. The van der Waals surface area contributed by atoms with Crippen LogP contribution < -0.4 is 10.6 Å². The molecule has 1 aromatic carbocycles. The highest BCUT2D eigenvalue weighted by Gasteiger charge is 2.48. The van der Waals surface area contributed by atoms with Crippen LogP contribution in [-0.4, -0.2) is 37.6 Å². The maximum absolute atomic E-state index is 14.3. The Morgan fingerprint density at radius 1 is 1.24 bits per heavy atom. The van der Waals surface area contributed by atoms with Gasteiger partial charge in [0.1, 0.15) is 16.5 Å². The molecular weight excluding hydrogens is 470 g/mol. The molecule has 3 heterocycles. The molecule has 0 unspecified atom stereocenters. The summed E-state index contributed by atoms with van der Waals surface area (Å²) in [6.45, 7) is 2.03. The number of rotatable bonds is 6. The SMILES string of the molecule is Cc1c(C(=O)C(=O)NC2(c3cnn[nH]3)CC2)c2n(c1C(=O)Nc1ccc(F)c(Cl)c1F)CCC2. The second-order valence-corrected chi connectivity index (χ2v) is 8.84. The van der Waals surface area contributed by atoms with Gasteiger partial charge in [0.05, 0.1) is 28.7 Å². The topological polar surface area (TPSA) is 122 Å². The van der Waals surface area contributed by atoms with Crippen LogP contribution in [0.5, 0.6) is 0 Å². The first-order valence-electron chi connectivity index (χ1n) is 10.6. The highest BCUT2D eigenvalue weighted by molar-refractivity contribution is 6.44. The van der Waals surface area contributed by atoms with E-state index in [9.17, 15) is 23.2 Å². The van der Waals surface area contributed by atoms with Crippen LogP contribution in [0, 0.1) is 18.6 Å². The Morgan fingerprint density at radius 3 is 2.68 bits per heavy atom. The van der Waals surface area contributed by atoms with Crippen LogP contribution in [0.25, 0.3) is 0 Å². The Hall–Kier alpha value is -3.60. The monoisotopic (exact) mass is 488 g/mol. The Kier molecular flexibility index (Phi) is 5.23. The van der Waals surface area contributed by atoms with Crippen LogP contribution >= 0.6 is 11.6 Å². The fourth-order valence-electron chi connectivity index (χ4n) is 4.52. The number of nitrogens with one attached hydrogen (secondary N) is 3. The summed E-state index contributed by atoms with van der Waals surface area (Å²) in [7, 11) is 0. The molecule has 34 heavy (non-hydrogen) atoms. The standard InChI is InChI=1S/C22H19ClF2N6O3/c1-10-15(19(32)21(34)28-22(6-7-22)14-9-26-30-29-14)13-3-2-8-31(13)18(10)20(33)27-12-5-4-11(24)16(23)17(12)25/h4-5,9H,2-3,6-8H2,1H3,(H,27,33)(H,28,34)(H,26,29,30). The second-order valence-electron chi connectivity index (χ2n) is 8.46. The fraction of sp³-hybridized carbons (Fsp3) is 0.318. The second kappa shape index (κ2) is 8.01. The highest BCUT2D eigenvalue weighted by Crippen LogP contribution is 2.44. The van der Waals surface area contributed by atoms with E-state index in [-0.39, 0.29) is 16.9 Å². The zero-order valence-electron chi connectivity index (χ0n) is 18.0. The molecule has 5 rings (SSSR count). The van der Waals surface area contributed by atoms with Crippen molar-refractivity contribution in [3.8, 4) is 0 Å². The van der Waals surface area contributed by atoms with E-state index >= 15 is 0 Å². The predicted molar refractivity (Wildman–Crippen MR) is 117 cm³/mol. The average Bonchev–Trinajstić information content (AvgIpc) is 3.16. The molecule has 1 saturated carbocycles. The van der Waals surface area contributed by atoms with Gasteiger partial charge in [0, 0.05) is 12.2 Å². The average molecular weight is 489 g/mol. The summed E-state index contributed by atoms with van der Waals surface area (Å²) >= 11 is 5.61. The number of halogens is 3. The summed E-state index contributed by atoms with van der Waals surface area (Å²) in [4.78, 5) is 39.2. The number of ketones is 1. The molecule has 176 valence electrons. The van der Waals surface area contributed by atoms with E-state index in [2.05, 4.69) is 26.0 Å². The predicted octanol–water partition coefficient (Wildman–Crippen LogP) is 3.03. The number of amides is 2. The van der Waals surface area contributed by atoms with Crippen molar-refractivity contribution in [1.29, 1.82) is 0 Å². The number of benzene rings is 1. The lowest BCUT2D eigenvalue weighted by atomic mass is 10.0. The maximum Gasteiger partial charge on any atom is 0.293 e. The van der Waals surface area contributed by atoms with Crippen LogP contribution in [0.2, 0.25) is 5.02 Å². The first-order chi connectivity index (χ1) is 16.2. The molecule has 2 amide bonds. The van der Waals surface area contributed by atoms with Crippen LogP contribution in [-0.2, 0) is 23.3 Å². The van der Waals surface area contributed by atoms with Gasteiger partial charge in [0.25, 0.3) is 17.6 Å². The highest BCUT2D eigenvalue weighted by atomic mass is 35.5. The lowest BCUT2D eigenvalue weighted by Gasteiger charge is -2.14. The number of aromatic nitrogens is 4. The van der Waals surface area contributed by atoms with Gasteiger partial charge in [-0.3, -0.25) is 19.5 Å². The lowest BCUT2D eigenvalue weighted by molar-refractivity contribution is -0.118. The summed E-state index contributed by atoms with van der Waals surface area (Å²) in [6, 6.07) is 2.01. The molecule has 1 aliphatic heterocycles. The van der Waals surface area contributed by atoms with E-state index in [0.717, 1.165) is 12.1 Å². The Balaban J connectivity index is 1.44. The van der Waals surface area contributed by atoms with Crippen molar-refractivity contribution >= 4 is 34.9 Å². The third-order valence-corrected chi connectivity index (χ3v) is 6.72. The third kappa shape index (κ3) is 3.47. The number of hydrogen-bond donors (Lipinski definition) is 3. The molecule has 1 fully saturated rings. The van der Waals surface area contributed by atoms with Crippen molar-refractivity contribution in [2.24, 2.45) is 0 Å². The molecule has 0 radical (unpaired) electrons. The maximum atomic E-state index is 14.3. The van der Waals surface area contributed by atoms with E-state index in [0.29, 0.717) is 49.2 Å². The van der Waals surface area contributed by atoms with Gasteiger partial charge < -0.3 is 15.2 Å². The van der Waals surface area contributed by atoms with Crippen molar-refractivity contribution in [3.05, 3.63) is 63.2 Å². The number of Topliss-reactive ketones (excluding diaryl/α,β-unsaturated/α-hetero) is 1. The third-order valence-electron chi connectivity index (χ3n) is 6.37. The van der Waals surface area contributed by atoms with Crippen LogP contribution in [0.15, 0.2) is 18.3 Å². The van der Waals surface area contributed by atoms with Crippen LogP contribution in [0.1, 0.15) is 57.1 Å². The van der Waals surface area contributed by atoms with Gasteiger partial charge >= 0.3 is 0 Å². The van der Waals surface area contributed by atoms with Gasteiger partial charge in [-0.05, 0) is 50.3 Å². The molecule has 0 bridgehead atoms. The van der Waals surface area contributed by atoms with E-state index in [1.165, 1.54) is 6.20 Å². The van der Waals surface area contributed by atoms with E-state index < -0.39 is 39.8 Å². The van der Waals surface area contributed by atoms with Gasteiger partial charge in [-0.25, -0.2) is 8.78 Å². The molecular formula is C22H19ClF2N6O3. The number of anilines is 1. The summed E-state index contributed by atoms with van der Waals surface area (Å²) in [6.07, 6.45) is 3.97. The van der Waals surface area contributed by atoms with E-state index in [1.807, 2.05) is 0 Å². The molecule has 0 spiro atoms. The summed E-state index contributed by atoms with van der Waals surface area (Å²) < 4.78 is 29.5. The minimum atomic E-state index is -1.10. The van der Waals surface area contributed by atoms with Crippen LogP contribution in [0.3, 0.4) is 0 Å². The normalized spacial score (nSPS) is 15.6. The zero-order chi connectivity index (χ0) is 24.2. The molecule has 9 nitrogen and oxygen atoms in total. The summed E-state index contributed by atoms with van der Waals surface area (Å²) in [5.41, 5.74) is 0.819. The first-order valence-corrected chi connectivity index (χ1v) is 11.0. The number of nitrogens with zero attached hydrogens (tertiary/aromatic N) is 3. The largest absolute Gasteiger partial charge is 0.340 e. The smallest absolute Gasteiger partial charge is 0.293 e. The Bertz CT molecular complexity index is 1350. The molecule has 3 N–H and O–H groups in total. The zero-order valence-corrected chi connectivity index (χ0v) is 18.7. The number of hydrogen-bond acceptors (Lipinski definition) is 5. The molecule has 0 atom stereocenters. The van der Waals surface area contributed by atoms with Gasteiger partial charge in [0.2, 0.25) is 0 Å². The van der Waals surface area contributed by atoms with E-state index in [4.69, 9.17) is 11.6 Å². The minimum Gasteiger partial charge on any atom is -0.340 e. The van der Waals surface area contributed by atoms with Crippen molar-refractivity contribution in [3.63, 3.8) is 0 Å².